The van der Waals surface area contributed by atoms with E-state index < -0.39 is 54.2 Å². The van der Waals surface area contributed by atoms with Crippen LogP contribution in [0.2, 0.25) is 0 Å². The van der Waals surface area contributed by atoms with Gasteiger partial charge in [0.15, 0.2) is 11.5 Å². The van der Waals surface area contributed by atoms with Crippen molar-refractivity contribution in [3.05, 3.63) is 16.8 Å². The highest BCUT2D eigenvalue weighted by atomic mass is 31.3. The lowest BCUT2D eigenvalue weighted by Gasteiger charge is -2.37. The van der Waals surface area contributed by atoms with Crippen molar-refractivity contribution in [2.24, 2.45) is 0 Å². The summed E-state index contributed by atoms with van der Waals surface area (Å²) in [6.45, 7) is -1.00. The van der Waals surface area contributed by atoms with E-state index in [0.717, 1.165) is 10.9 Å². The fourth-order valence-corrected chi connectivity index (χ4v) is 5.56. The lowest BCUT2D eigenvalue weighted by molar-refractivity contribution is -0.339. The Hall–Kier alpha value is -1.52. The average molecular weight is 503 g/mol. The number of hydrogen-bond acceptors (Lipinski definition) is 16. The predicted molar refractivity (Wildman–Crippen MR) is 88.0 cm³/mol. The molecule has 5 atom stereocenters. The standard InChI is InChI=1S/C10H16N5O13P3/c11-8-7-9(13-3-12-8)15(10(17)14-7)6-1-4(16)5(26-6)2-25-30(21,22)28-31(23,24)27-29(18,19)20/h3-6,16H,1-2H2,(H,14,17)(H,21,22)(H,23,24)(H2,11,12,13)(H2,18,19,20)/p-4/t4-,5+,6+/m0/s1. The van der Waals surface area contributed by atoms with E-state index in [-0.39, 0.29) is 23.4 Å². The van der Waals surface area contributed by atoms with Crippen molar-refractivity contribution in [2.75, 3.05) is 12.3 Å². The second-order valence-electron chi connectivity index (χ2n) is 5.99. The summed E-state index contributed by atoms with van der Waals surface area (Å²) in [5.74, 6) is -0.0336. The Balaban J connectivity index is 1.69. The summed E-state index contributed by atoms with van der Waals surface area (Å²) in [6, 6.07) is 0. The normalized spacial score (nSPS) is 26.0. The monoisotopic (exact) mass is 503 g/mol. The molecule has 2 aromatic heterocycles. The van der Waals surface area contributed by atoms with E-state index in [1.54, 1.807) is 0 Å². The fourth-order valence-electron chi connectivity index (χ4n) is 2.69. The van der Waals surface area contributed by atoms with Crippen LogP contribution in [-0.4, -0.2) is 43.4 Å². The molecular weight excluding hydrogens is 491 g/mol. The number of fused-ring (bicyclic) bond motifs is 1. The van der Waals surface area contributed by atoms with Crippen molar-refractivity contribution in [3.8, 4) is 0 Å². The molecule has 4 N–H and O–H groups in total. The number of nitrogens with two attached hydrogens (primary N) is 1. The summed E-state index contributed by atoms with van der Waals surface area (Å²) in [4.78, 5) is 65.5. The molecule has 174 valence electrons. The zero-order valence-corrected chi connectivity index (χ0v) is 17.5. The van der Waals surface area contributed by atoms with E-state index in [4.69, 9.17) is 10.5 Å². The number of H-pyrrole nitrogens is 1. The minimum Gasteiger partial charge on any atom is -0.790 e. The van der Waals surface area contributed by atoms with Gasteiger partial charge in [-0.05, 0) is 0 Å². The second-order valence-corrected chi connectivity index (χ2v) is 10.2. The third-order valence-electron chi connectivity index (χ3n) is 3.82. The zero-order valence-electron chi connectivity index (χ0n) is 14.8. The Morgan fingerprint density at radius 1 is 1.23 bits per heavy atom. The Morgan fingerprint density at radius 3 is 2.55 bits per heavy atom. The summed E-state index contributed by atoms with van der Waals surface area (Å²) in [5.41, 5.74) is 5.06. The van der Waals surface area contributed by atoms with Gasteiger partial charge in [0.1, 0.15) is 24.2 Å². The van der Waals surface area contributed by atoms with Gasteiger partial charge in [0, 0.05) is 6.42 Å². The van der Waals surface area contributed by atoms with E-state index in [1.807, 2.05) is 0 Å². The number of aliphatic hydroxyl groups is 1. The molecule has 2 unspecified atom stereocenters. The molecule has 31 heavy (non-hydrogen) atoms. The Morgan fingerprint density at radius 2 is 1.90 bits per heavy atom. The highest BCUT2D eigenvalue weighted by Gasteiger charge is 2.38. The number of phosphoric ester groups is 1. The average Bonchev–Trinajstić information content (AvgIpc) is 3.09. The largest absolute Gasteiger partial charge is 0.790 e. The maximum atomic E-state index is 12.2. The number of nitrogen functional groups attached to an aromatic ring is 1. The quantitative estimate of drug-likeness (QED) is 0.291. The number of imidazole rings is 1. The van der Waals surface area contributed by atoms with Gasteiger partial charge in [-0.25, -0.2) is 23.6 Å². The molecule has 1 aliphatic rings. The van der Waals surface area contributed by atoms with E-state index in [2.05, 4.69) is 28.1 Å². The van der Waals surface area contributed by atoms with Gasteiger partial charge in [0.2, 0.25) is 0 Å². The number of aromatic amines is 1. The fraction of sp³-hybridized carbons (Fsp3) is 0.500. The van der Waals surface area contributed by atoms with Crippen molar-refractivity contribution in [3.63, 3.8) is 0 Å². The molecule has 2 aromatic rings. The van der Waals surface area contributed by atoms with Crippen LogP contribution < -0.4 is 31.0 Å². The molecule has 0 bridgehead atoms. The van der Waals surface area contributed by atoms with Crippen molar-refractivity contribution in [1.29, 1.82) is 0 Å². The molecule has 3 rings (SSSR count). The molecule has 0 aromatic carbocycles. The third kappa shape index (κ3) is 5.84. The molecule has 1 saturated heterocycles. The van der Waals surface area contributed by atoms with Crippen LogP contribution in [0.1, 0.15) is 12.6 Å². The predicted octanol–water partition coefficient (Wildman–Crippen LogP) is -3.83. The molecule has 1 aliphatic heterocycles. The van der Waals surface area contributed by atoms with Gasteiger partial charge in [-0.1, -0.05) is 0 Å². The number of nitrogens with zero attached hydrogens (tertiary/aromatic N) is 3. The van der Waals surface area contributed by atoms with Crippen LogP contribution in [0.25, 0.3) is 11.2 Å². The van der Waals surface area contributed by atoms with Gasteiger partial charge in [0.25, 0.3) is 15.6 Å². The van der Waals surface area contributed by atoms with Crippen LogP contribution in [-0.2, 0) is 31.6 Å². The number of rotatable bonds is 8. The lowest BCUT2D eigenvalue weighted by Crippen LogP contribution is -2.28. The molecule has 0 radical (unpaired) electrons. The van der Waals surface area contributed by atoms with Crippen molar-refractivity contribution in [1.82, 2.24) is 19.5 Å². The van der Waals surface area contributed by atoms with Crippen LogP contribution in [0, 0.1) is 0 Å². The van der Waals surface area contributed by atoms with Crippen molar-refractivity contribution < 1.29 is 56.3 Å². The first-order chi connectivity index (χ1) is 14.2. The van der Waals surface area contributed by atoms with E-state index in [0.29, 0.717) is 0 Å². The van der Waals surface area contributed by atoms with Crippen molar-refractivity contribution >= 4 is 40.4 Å². The van der Waals surface area contributed by atoms with Gasteiger partial charge < -0.3 is 49.2 Å². The lowest BCUT2D eigenvalue weighted by atomic mass is 10.2. The molecule has 0 aliphatic carbocycles. The maximum absolute atomic E-state index is 12.2. The van der Waals surface area contributed by atoms with Gasteiger partial charge in [0.05, 0.1) is 20.5 Å². The smallest absolute Gasteiger partial charge is 0.329 e. The molecule has 1 fully saturated rings. The Kier molecular flexibility index (Phi) is 6.57. The summed E-state index contributed by atoms with van der Waals surface area (Å²) < 4.78 is 50.1. The number of ether oxygens (including phenoxy) is 1. The minimum atomic E-state index is -6.12. The zero-order chi connectivity index (χ0) is 23.2. The van der Waals surface area contributed by atoms with Gasteiger partial charge in [-0.2, -0.15) is 0 Å². The first-order valence-electron chi connectivity index (χ1n) is 7.93. The number of aromatic nitrogens is 4. The third-order valence-corrected chi connectivity index (χ3v) is 7.49. The summed E-state index contributed by atoms with van der Waals surface area (Å²) in [5, 5.41) is 10.1. The number of phosphoric acid groups is 3. The number of hydrogen-bond donors (Lipinski definition) is 3. The molecule has 0 amide bonds. The first-order valence-corrected chi connectivity index (χ1v) is 12.3. The second kappa shape index (κ2) is 8.44. The van der Waals surface area contributed by atoms with Crippen LogP contribution in [0.4, 0.5) is 5.82 Å². The molecule has 0 saturated carbocycles. The van der Waals surface area contributed by atoms with Gasteiger partial charge >= 0.3 is 5.69 Å². The molecular formula is C10H12N5O13P3-4. The summed E-state index contributed by atoms with van der Waals surface area (Å²) >= 11 is 0. The number of nitrogens with one attached hydrogen (secondary N) is 1. The number of anilines is 1. The highest BCUT2D eigenvalue weighted by molar-refractivity contribution is 7.64. The number of aliphatic hydroxyl groups excluding tert-OH is 1. The van der Waals surface area contributed by atoms with Crippen LogP contribution in [0.15, 0.2) is 11.1 Å². The maximum Gasteiger partial charge on any atom is 0.329 e. The molecule has 3 heterocycles. The highest BCUT2D eigenvalue weighted by Crippen LogP contribution is 2.60. The minimum absolute atomic E-state index is 0.0336. The van der Waals surface area contributed by atoms with Gasteiger partial charge in [-0.3, -0.25) is 13.4 Å². The van der Waals surface area contributed by atoms with E-state index in [1.165, 1.54) is 0 Å². The van der Waals surface area contributed by atoms with Crippen LogP contribution in [0.5, 0.6) is 0 Å². The van der Waals surface area contributed by atoms with Crippen LogP contribution in [0.3, 0.4) is 0 Å². The molecule has 0 spiro atoms. The van der Waals surface area contributed by atoms with E-state index >= 15 is 0 Å². The van der Waals surface area contributed by atoms with E-state index in [9.17, 15) is 43.2 Å². The Bertz CT molecular complexity index is 1170. The summed E-state index contributed by atoms with van der Waals surface area (Å²) in [7, 11) is -18.0. The Labute approximate surface area is 171 Å². The summed E-state index contributed by atoms with van der Waals surface area (Å²) in [6.07, 6.45) is -3.09. The topological polar surface area (TPSA) is 290 Å². The van der Waals surface area contributed by atoms with Crippen molar-refractivity contribution in [2.45, 2.75) is 24.9 Å². The van der Waals surface area contributed by atoms with Crippen LogP contribution >= 0.6 is 23.5 Å². The SMILES string of the molecule is Nc1ncnc2c1[nH]c(=O)n2[C@H]1C[C@H](O)[C@@H](COP(=O)([O-])OP(=O)([O-])OP(=O)([O-])[O-])O1. The molecule has 18 nitrogen and oxygen atoms in total. The van der Waals surface area contributed by atoms with Gasteiger partial charge in [-0.15, -0.1) is 0 Å². The first kappa shape index (κ1) is 24.1. The molecule has 21 heteroatoms.